The highest BCUT2D eigenvalue weighted by Crippen LogP contribution is 2.36. The summed E-state index contributed by atoms with van der Waals surface area (Å²) >= 11 is 0. The first kappa shape index (κ1) is 12.1. The summed E-state index contributed by atoms with van der Waals surface area (Å²) < 4.78 is 0. The van der Waals surface area contributed by atoms with E-state index in [4.69, 9.17) is 0 Å². The van der Waals surface area contributed by atoms with Crippen LogP contribution in [0.2, 0.25) is 0 Å². The van der Waals surface area contributed by atoms with Crippen LogP contribution in [0.4, 0.5) is 0 Å². The first-order valence-electron chi connectivity index (χ1n) is 6.74. The van der Waals surface area contributed by atoms with Gasteiger partial charge in [-0.3, -0.25) is 0 Å². The van der Waals surface area contributed by atoms with Crippen molar-refractivity contribution in [3.8, 4) is 0 Å². The summed E-state index contributed by atoms with van der Waals surface area (Å²) in [6, 6.07) is 0.503. The lowest BCUT2D eigenvalue weighted by Crippen LogP contribution is -2.48. The van der Waals surface area contributed by atoms with Gasteiger partial charge < -0.3 is 10.0 Å². The van der Waals surface area contributed by atoms with Gasteiger partial charge in [0.25, 0.3) is 0 Å². The molecule has 1 aliphatic heterocycles. The van der Waals surface area contributed by atoms with Crippen molar-refractivity contribution in [2.24, 2.45) is 0 Å². The van der Waals surface area contributed by atoms with Crippen molar-refractivity contribution >= 4 is 0 Å². The molecule has 0 aromatic carbocycles. The topological polar surface area (TPSA) is 23.5 Å². The Labute approximate surface area is 99.3 Å². The van der Waals surface area contributed by atoms with Crippen LogP contribution in [-0.2, 0) is 0 Å². The van der Waals surface area contributed by atoms with E-state index in [9.17, 15) is 5.11 Å². The second kappa shape index (κ2) is 4.89. The molecule has 2 heteroatoms. The third-order valence-corrected chi connectivity index (χ3v) is 4.40. The molecule has 0 aromatic rings. The van der Waals surface area contributed by atoms with Gasteiger partial charge in [-0.2, -0.15) is 0 Å². The molecule has 0 aromatic heterocycles. The van der Waals surface area contributed by atoms with Crippen LogP contribution < -0.4 is 0 Å². The van der Waals surface area contributed by atoms with Crippen LogP contribution in [0.5, 0.6) is 0 Å². The van der Waals surface area contributed by atoms with Crippen molar-refractivity contribution in [1.82, 2.24) is 4.90 Å². The fourth-order valence-corrected chi connectivity index (χ4v) is 3.06. The lowest BCUT2D eigenvalue weighted by atomic mass is 9.79. The average molecular weight is 223 g/mol. The Hall–Kier alpha value is -0.340. The van der Waals surface area contributed by atoms with Crippen molar-refractivity contribution in [3.63, 3.8) is 0 Å². The van der Waals surface area contributed by atoms with Crippen LogP contribution in [0.15, 0.2) is 11.6 Å². The molecular weight excluding hydrogens is 198 g/mol. The van der Waals surface area contributed by atoms with Gasteiger partial charge in [0, 0.05) is 12.6 Å². The molecule has 16 heavy (non-hydrogen) atoms. The molecule has 92 valence electrons. The molecule has 0 saturated carbocycles. The Bertz CT molecular complexity index is 274. The molecule has 1 fully saturated rings. The van der Waals surface area contributed by atoms with E-state index >= 15 is 0 Å². The van der Waals surface area contributed by atoms with Gasteiger partial charge >= 0.3 is 0 Å². The molecule has 2 atom stereocenters. The highest BCUT2D eigenvalue weighted by Gasteiger charge is 2.37. The molecule has 1 heterocycles. The molecule has 0 spiro atoms. The smallest absolute Gasteiger partial charge is 0.0883 e. The third-order valence-electron chi connectivity index (χ3n) is 4.40. The van der Waals surface area contributed by atoms with Crippen LogP contribution in [0.3, 0.4) is 0 Å². The summed E-state index contributed by atoms with van der Waals surface area (Å²) in [6.07, 6.45) is 10.3. The molecule has 1 saturated heterocycles. The summed E-state index contributed by atoms with van der Waals surface area (Å²) in [5.74, 6) is 0. The van der Waals surface area contributed by atoms with Gasteiger partial charge in [-0.25, -0.2) is 0 Å². The van der Waals surface area contributed by atoms with Crippen molar-refractivity contribution in [2.45, 2.75) is 63.5 Å². The summed E-state index contributed by atoms with van der Waals surface area (Å²) in [4.78, 5) is 2.35. The maximum absolute atomic E-state index is 10.8. The number of hydrogen-bond acceptors (Lipinski definition) is 2. The number of aliphatic hydroxyl groups is 1. The Kier molecular flexibility index (Phi) is 3.70. The van der Waals surface area contributed by atoms with Crippen molar-refractivity contribution in [1.29, 1.82) is 0 Å². The van der Waals surface area contributed by atoms with Crippen LogP contribution in [-0.4, -0.2) is 35.2 Å². The lowest BCUT2D eigenvalue weighted by Gasteiger charge is -2.42. The monoisotopic (exact) mass is 223 g/mol. The van der Waals surface area contributed by atoms with Crippen molar-refractivity contribution < 1.29 is 5.11 Å². The molecule has 0 radical (unpaired) electrons. The van der Waals surface area contributed by atoms with Crippen LogP contribution in [0.1, 0.15) is 51.9 Å². The lowest BCUT2D eigenvalue weighted by molar-refractivity contribution is -0.00940. The molecule has 2 nitrogen and oxygen atoms in total. The van der Waals surface area contributed by atoms with E-state index in [2.05, 4.69) is 24.9 Å². The number of nitrogens with zero attached hydrogens (tertiary/aromatic N) is 1. The van der Waals surface area contributed by atoms with Crippen molar-refractivity contribution in [3.05, 3.63) is 11.6 Å². The van der Waals surface area contributed by atoms with E-state index in [1.807, 2.05) is 0 Å². The third kappa shape index (κ3) is 2.49. The zero-order valence-electron chi connectivity index (χ0n) is 10.7. The molecule has 2 unspecified atom stereocenters. The predicted molar refractivity (Wildman–Crippen MR) is 67.4 cm³/mol. The Morgan fingerprint density at radius 2 is 2.19 bits per heavy atom. The predicted octanol–water partition coefficient (Wildman–Crippen LogP) is 2.72. The maximum Gasteiger partial charge on any atom is 0.0883 e. The van der Waals surface area contributed by atoms with E-state index in [-0.39, 0.29) is 0 Å². The quantitative estimate of drug-likeness (QED) is 0.691. The largest absolute Gasteiger partial charge is 0.385 e. The highest BCUT2D eigenvalue weighted by atomic mass is 16.3. The SMILES string of the molecule is CC1CC(O)(C2=CCCCCC2)CCN1C. The summed E-state index contributed by atoms with van der Waals surface area (Å²) in [5, 5.41) is 10.8. The van der Waals surface area contributed by atoms with Crippen LogP contribution in [0.25, 0.3) is 0 Å². The minimum Gasteiger partial charge on any atom is -0.385 e. The van der Waals surface area contributed by atoms with E-state index in [0.717, 1.165) is 25.8 Å². The first-order valence-corrected chi connectivity index (χ1v) is 6.74. The van der Waals surface area contributed by atoms with Gasteiger partial charge in [-0.05, 0) is 58.1 Å². The average Bonchev–Trinajstić information content (AvgIpc) is 2.53. The van der Waals surface area contributed by atoms with Gasteiger partial charge in [0.15, 0.2) is 0 Å². The number of rotatable bonds is 1. The second-order valence-corrected chi connectivity index (χ2v) is 5.64. The summed E-state index contributed by atoms with van der Waals surface area (Å²) in [7, 11) is 2.16. The van der Waals surface area contributed by atoms with Gasteiger partial charge in [0.1, 0.15) is 0 Å². The highest BCUT2D eigenvalue weighted by molar-refractivity contribution is 5.19. The molecule has 2 rings (SSSR count). The molecule has 1 aliphatic carbocycles. The summed E-state index contributed by atoms with van der Waals surface area (Å²) in [5.41, 5.74) is 0.848. The molecule has 0 amide bonds. The fourth-order valence-electron chi connectivity index (χ4n) is 3.06. The molecular formula is C14H25NO. The molecule has 2 aliphatic rings. The van der Waals surface area contributed by atoms with Crippen LogP contribution in [0, 0.1) is 0 Å². The van der Waals surface area contributed by atoms with Crippen molar-refractivity contribution in [2.75, 3.05) is 13.6 Å². The Balaban J connectivity index is 2.09. The number of likely N-dealkylation sites (tertiary alicyclic amines) is 1. The first-order chi connectivity index (χ1) is 7.62. The van der Waals surface area contributed by atoms with Gasteiger partial charge in [-0.1, -0.05) is 12.5 Å². The minimum atomic E-state index is -0.490. The number of allylic oxidation sites excluding steroid dienone is 1. The van der Waals surface area contributed by atoms with Gasteiger partial charge in [0.05, 0.1) is 5.60 Å². The molecule has 0 bridgehead atoms. The zero-order valence-corrected chi connectivity index (χ0v) is 10.7. The van der Waals surface area contributed by atoms with E-state index in [1.54, 1.807) is 0 Å². The van der Waals surface area contributed by atoms with Crippen LogP contribution >= 0.6 is 0 Å². The van der Waals surface area contributed by atoms with E-state index in [0.29, 0.717) is 6.04 Å². The van der Waals surface area contributed by atoms with E-state index < -0.39 is 5.60 Å². The standard InChI is InChI=1S/C14H25NO/c1-12-11-14(16,9-10-15(12)2)13-7-5-3-4-6-8-13/h7,12,16H,3-6,8-11H2,1-2H3. The Morgan fingerprint density at radius 3 is 2.94 bits per heavy atom. The number of hydrogen-bond donors (Lipinski definition) is 1. The number of piperidine rings is 1. The zero-order chi connectivity index (χ0) is 11.6. The molecule has 1 N–H and O–H groups in total. The minimum absolute atomic E-state index is 0.490. The van der Waals surface area contributed by atoms with E-state index in [1.165, 1.54) is 31.3 Å². The normalized spacial score (nSPS) is 37.9. The second-order valence-electron chi connectivity index (χ2n) is 5.64. The Morgan fingerprint density at radius 1 is 1.38 bits per heavy atom. The van der Waals surface area contributed by atoms with Gasteiger partial charge in [-0.15, -0.1) is 0 Å². The van der Waals surface area contributed by atoms with Gasteiger partial charge in [0.2, 0.25) is 0 Å². The fraction of sp³-hybridized carbons (Fsp3) is 0.857. The maximum atomic E-state index is 10.8. The summed E-state index contributed by atoms with van der Waals surface area (Å²) in [6.45, 7) is 3.25.